The van der Waals surface area contributed by atoms with Crippen molar-refractivity contribution in [3.05, 3.63) is 66.1 Å². The largest absolute Gasteiger partial charge is 0.471 e. The van der Waals surface area contributed by atoms with Gasteiger partial charge in [0.25, 0.3) is 0 Å². The minimum Gasteiger partial charge on any atom is -0.341 e. The van der Waals surface area contributed by atoms with Crippen molar-refractivity contribution in [2.75, 3.05) is 13.1 Å². The van der Waals surface area contributed by atoms with Crippen molar-refractivity contribution in [1.29, 1.82) is 0 Å². The number of hydrogen-bond donors (Lipinski definition) is 0. The van der Waals surface area contributed by atoms with Crippen molar-refractivity contribution in [2.45, 2.75) is 29.2 Å². The molecule has 1 aliphatic rings. The van der Waals surface area contributed by atoms with E-state index in [9.17, 15) is 18.0 Å². The maximum atomic E-state index is 12.6. The molecule has 1 aliphatic heterocycles. The first kappa shape index (κ1) is 20.5. The molecule has 0 aliphatic carbocycles. The minimum absolute atomic E-state index is 0.0996. The average Bonchev–Trinajstić information content (AvgIpc) is 3.39. The fourth-order valence-corrected chi connectivity index (χ4v) is 4.42. The zero-order valence-corrected chi connectivity index (χ0v) is 16.6. The highest BCUT2D eigenvalue weighted by Gasteiger charge is 2.38. The Morgan fingerprint density at radius 3 is 2.53 bits per heavy atom. The molecular formula is C21H18F3N3O2S. The van der Waals surface area contributed by atoms with E-state index in [1.54, 1.807) is 23.9 Å². The van der Waals surface area contributed by atoms with Crippen LogP contribution in [-0.2, 0) is 17.4 Å². The number of halogens is 3. The predicted octanol–water partition coefficient (Wildman–Crippen LogP) is 4.69. The van der Waals surface area contributed by atoms with Crippen LogP contribution in [0.25, 0.3) is 11.4 Å². The van der Waals surface area contributed by atoms with Crippen LogP contribution in [0.3, 0.4) is 0 Å². The van der Waals surface area contributed by atoms with Crippen LogP contribution in [0.2, 0.25) is 0 Å². The highest BCUT2D eigenvalue weighted by molar-refractivity contribution is 8.00. The molecule has 30 heavy (non-hydrogen) atoms. The summed E-state index contributed by atoms with van der Waals surface area (Å²) in [5, 5.41) is 3.67. The molecule has 0 bridgehead atoms. The van der Waals surface area contributed by atoms with Gasteiger partial charge in [0.05, 0.1) is 6.42 Å². The predicted molar refractivity (Wildman–Crippen MR) is 106 cm³/mol. The van der Waals surface area contributed by atoms with Crippen molar-refractivity contribution in [2.24, 2.45) is 0 Å². The van der Waals surface area contributed by atoms with E-state index in [1.165, 1.54) is 0 Å². The maximum Gasteiger partial charge on any atom is 0.471 e. The lowest BCUT2D eigenvalue weighted by molar-refractivity contribution is -0.159. The van der Waals surface area contributed by atoms with Gasteiger partial charge in [-0.25, -0.2) is 0 Å². The van der Waals surface area contributed by atoms with Crippen LogP contribution in [0.15, 0.2) is 64.0 Å². The molecule has 1 fully saturated rings. The topological polar surface area (TPSA) is 59.2 Å². The Balaban J connectivity index is 1.33. The summed E-state index contributed by atoms with van der Waals surface area (Å²) in [6.07, 6.45) is -3.36. The van der Waals surface area contributed by atoms with Gasteiger partial charge in [-0.3, -0.25) is 4.79 Å². The molecule has 3 aromatic rings. The molecule has 156 valence electrons. The highest BCUT2D eigenvalue weighted by atomic mass is 32.2. The van der Waals surface area contributed by atoms with Crippen LogP contribution in [-0.4, -0.2) is 39.3 Å². The maximum absolute atomic E-state index is 12.6. The number of thioether (sulfide) groups is 1. The summed E-state index contributed by atoms with van der Waals surface area (Å²) >= 11 is 1.65. The average molecular weight is 433 g/mol. The van der Waals surface area contributed by atoms with E-state index in [4.69, 9.17) is 0 Å². The fraction of sp³-hybridized carbons (Fsp3) is 0.286. The van der Waals surface area contributed by atoms with Crippen molar-refractivity contribution >= 4 is 17.7 Å². The van der Waals surface area contributed by atoms with Gasteiger partial charge >= 0.3 is 12.1 Å². The van der Waals surface area contributed by atoms with Crippen molar-refractivity contribution < 1.29 is 22.5 Å². The van der Waals surface area contributed by atoms with Gasteiger partial charge in [-0.2, -0.15) is 18.2 Å². The summed E-state index contributed by atoms with van der Waals surface area (Å²) in [4.78, 5) is 18.8. The molecule has 2 aromatic carbocycles. The van der Waals surface area contributed by atoms with E-state index in [0.29, 0.717) is 18.5 Å². The van der Waals surface area contributed by atoms with Crippen LogP contribution in [0.1, 0.15) is 17.9 Å². The Labute approximate surface area is 175 Å². The lowest BCUT2D eigenvalue weighted by Gasteiger charge is -2.16. The standard InChI is InChI=1S/C21H18F3N3O2S/c22-21(23,24)20-25-19(26-29-20)15-6-8-16(9-7-15)30-17-10-11-27(13-17)18(28)12-14-4-2-1-3-5-14/h1-9,17H,10-13H2/t17-/m0/s1. The lowest BCUT2D eigenvalue weighted by atomic mass is 10.1. The minimum atomic E-state index is -4.66. The Kier molecular flexibility index (Phi) is 5.80. The number of hydrogen-bond acceptors (Lipinski definition) is 5. The number of aromatic nitrogens is 2. The Morgan fingerprint density at radius 2 is 1.87 bits per heavy atom. The number of nitrogens with zero attached hydrogens (tertiary/aromatic N) is 3. The molecule has 1 amide bonds. The summed E-state index contributed by atoms with van der Waals surface area (Å²) in [5.41, 5.74) is 1.45. The van der Waals surface area contributed by atoms with Crippen LogP contribution in [0, 0.1) is 0 Å². The first-order chi connectivity index (χ1) is 14.4. The number of alkyl halides is 3. The van der Waals surface area contributed by atoms with Crippen molar-refractivity contribution in [3.8, 4) is 11.4 Å². The van der Waals surface area contributed by atoms with Gasteiger partial charge in [0.2, 0.25) is 11.7 Å². The van der Waals surface area contributed by atoms with Gasteiger partial charge in [-0.15, -0.1) is 11.8 Å². The van der Waals surface area contributed by atoms with Gasteiger partial charge in [0, 0.05) is 28.8 Å². The second-order valence-corrected chi connectivity index (χ2v) is 8.35. The Hall–Kier alpha value is -2.81. The molecule has 4 rings (SSSR count). The van der Waals surface area contributed by atoms with Crippen LogP contribution in [0.5, 0.6) is 0 Å². The monoisotopic (exact) mass is 433 g/mol. The molecule has 0 radical (unpaired) electrons. The molecule has 1 saturated heterocycles. The number of carbonyl (C=O) groups excluding carboxylic acids is 1. The molecule has 5 nitrogen and oxygen atoms in total. The second-order valence-electron chi connectivity index (χ2n) is 6.98. The molecule has 1 atom stereocenters. The van der Waals surface area contributed by atoms with Gasteiger partial charge in [-0.05, 0) is 36.2 Å². The van der Waals surface area contributed by atoms with Crippen LogP contribution in [0.4, 0.5) is 13.2 Å². The SMILES string of the molecule is O=C(Cc1ccccc1)N1CC[C@H](Sc2ccc(-c3noc(C(F)(F)F)n3)cc2)C1. The van der Waals surface area contributed by atoms with E-state index in [1.807, 2.05) is 47.4 Å². The molecule has 2 heterocycles. The third-order valence-corrected chi connectivity index (χ3v) is 6.04. The normalized spacial score (nSPS) is 16.8. The van der Waals surface area contributed by atoms with Crippen molar-refractivity contribution in [1.82, 2.24) is 15.0 Å². The lowest BCUT2D eigenvalue weighted by Crippen LogP contribution is -2.30. The highest BCUT2D eigenvalue weighted by Crippen LogP contribution is 2.32. The first-order valence-corrected chi connectivity index (χ1v) is 10.3. The van der Waals surface area contributed by atoms with Gasteiger partial charge in [0.15, 0.2) is 0 Å². The van der Waals surface area contributed by atoms with E-state index < -0.39 is 12.1 Å². The third-order valence-electron chi connectivity index (χ3n) is 4.78. The summed E-state index contributed by atoms with van der Waals surface area (Å²) in [5.74, 6) is -1.34. The van der Waals surface area contributed by atoms with Gasteiger partial charge in [-0.1, -0.05) is 35.5 Å². The number of rotatable bonds is 5. The fourth-order valence-electron chi connectivity index (χ4n) is 3.26. The zero-order valence-electron chi connectivity index (χ0n) is 15.8. The second kappa shape index (κ2) is 8.51. The first-order valence-electron chi connectivity index (χ1n) is 9.38. The quantitative estimate of drug-likeness (QED) is 0.584. The number of benzene rings is 2. The van der Waals surface area contributed by atoms with Crippen LogP contribution >= 0.6 is 11.8 Å². The van der Waals surface area contributed by atoms with E-state index in [-0.39, 0.29) is 17.0 Å². The molecule has 1 aromatic heterocycles. The number of likely N-dealkylation sites (tertiary alicyclic amines) is 1. The Bertz CT molecular complexity index is 1010. The molecule has 9 heteroatoms. The summed E-state index contributed by atoms with van der Waals surface area (Å²) in [6, 6.07) is 16.6. The van der Waals surface area contributed by atoms with Gasteiger partial charge in [0.1, 0.15) is 0 Å². The third kappa shape index (κ3) is 4.84. The van der Waals surface area contributed by atoms with E-state index >= 15 is 0 Å². The summed E-state index contributed by atoms with van der Waals surface area (Å²) in [7, 11) is 0. The smallest absolute Gasteiger partial charge is 0.341 e. The van der Waals surface area contributed by atoms with E-state index in [0.717, 1.165) is 23.4 Å². The van der Waals surface area contributed by atoms with Crippen LogP contribution < -0.4 is 0 Å². The zero-order chi connectivity index (χ0) is 21.1. The molecule has 0 unspecified atom stereocenters. The Morgan fingerprint density at radius 1 is 1.13 bits per heavy atom. The number of amides is 1. The van der Waals surface area contributed by atoms with Gasteiger partial charge < -0.3 is 9.42 Å². The molecule has 0 N–H and O–H groups in total. The molecule has 0 saturated carbocycles. The summed E-state index contributed by atoms with van der Waals surface area (Å²) in [6.45, 7) is 1.41. The summed E-state index contributed by atoms with van der Waals surface area (Å²) < 4.78 is 42.0. The molecule has 0 spiro atoms. The molecular weight excluding hydrogens is 415 g/mol. The van der Waals surface area contributed by atoms with Crippen molar-refractivity contribution in [3.63, 3.8) is 0 Å². The van der Waals surface area contributed by atoms with E-state index in [2.05, 4.69) is 14.7 Å². The number of carbonyl (C=O) groups is 1.